The lowest BCUT2D eigenvalue weighted by Crippen LogP contribution is -2.16. The van der Waals surface area contributed by atoms with E-state index in [4.69, 9.17) is 5.73 Å². The van der Waals surface area contributed by atoms with E-state index in [2.05, 4.69) is 39.9 Å². The molecule has 3 rings (SSSR count). The molecule has 2 N–H and O–H groups in total. The largest absolute Gasteiger partial charge is 0.330 e. The van der Waals surface area contributed by atoms with E-state index >= 15 is 0 Å². The van der Waals surface area contributed by atoms with Crippen molar-refractivity contribution < 1.29 is 0 Å². The van der Waals surface area contributed by atoms with Crippen LogP contribution in [-0.4, -0.2) is 21.3 Å². The van der Waals surface area contributed by atoms with Crippen LogP contribution in [0.15, 0.2) is 18.2 Å². The molecule has 0 bridgehead atoms. The van der Waals surface area contributed by atoms with Gasteiger partial charge in [0, 0.05) is 18.5 Å². The predicted molar refractivity (Wildman–Crippen MR) is 66.7 cm³/mol. The van der Waals surface area contributed by atoms with Gasteiger partial charge in [0.25, 0.3) is 0 Å². The fourth-order valence-electron chi connectivity index (χ4n) is 2.43. The Morgan fingerprint density at radius 2 is 2.24 bits per heavy atom. The van der Waals surface area contributed by atoms with Crippen LogP contribution >= 0.6 is 0 Å². The van der Waals surface area contributed by atoms with Crippen molar-refractivity contribution in [1.29, 1.82) is 0 Å². The topological polar surface area (TPSA) is 56.7 Å². The molecular weight excluding hydrogens is 212 g/mol. The molecule has 4 nitrogen and oxygen atoms in total. The van der Waals surface area contributed by atoms with E-state index in [1.165, 1.54) is 16.7 Å². The molecule has 0 spiro atoms. The molecule has 0 radical (unpaired) electrons. The quantitative estimate of drug-likeness (QED) is 0.843. The van der Waals surface area contributed by atoms with E-state index < -0.39 is 0 Å². The predicted octanol–water partition coefficient (Wildman–Crippen LogP) is 1.31. The number of fused-ring (bicyclic) bond motifs is 3. The highest BCUT2D eigenvalue weighted by Gasteiger charge is 2.20. The van der Waals surface area contributed by atoms with Crippen LogP contribution < -0.4 is 5.73 Å². The van der Waals surface area contributed by atoms with Crippen LogP contribution in [0.25, 0.3) is 11.4 Å². The van der Waals surface area contributed by atoms with Crippen molar-refractivity contribution in [3.05, 3.63) is 35.2 Å². The van der Waals surface area contributed by atoms with Gasteiger partial charge in [-0.3, -0.25) is 0 Å². The molecule has 2 heterocycles. The standard InChI is InChI=1S/C13H16N4/c1-9-2-3-10-5-7-17-12(4-6-14)15-16-13(17)11(10)8-9/h2-3,8H,4-7,14H2,1H3. The molecular formula is C13H16N4. The van der Waals surface area contributed by atoms with Crippen LogP contribution in [0, 0.1) is 6.92 Å². The maximum Gasteiger partial charge on any atom is 0.164 e. The van der Waals surface area contributed by atoms with Gasteiger partial charge in [-0.05, 0) is 31.5 Å². The molecule has 88 valence electrons. The summed E-state index contributed by atoms with van der Waals surface area (Å²) in [5.41, 5.74) is 9.45. The highest BCUT2D eigenvalue weighted by molar-refractivity contribution is 5.63. The Morgan fingerprint density at radius 3 is 3.06 bits per heavy atom. The summed E-state index contributed by atoms with van der Waals surface area (Å²) in [5, 5.41) is 8.56. The molecule has 0 saturated heterocycles. The number of nitrogens with two attached hydrogens (primary N) is 1. The van der Waals surface area contributed by atoms with E-state index in [-0.39, 0.29) is 0 Å². The first-order valence-corrected chi connectivity index (χ1v) is 6.01. The summed E-state index contributed by atoms with van der Waals surface area (Å²) in [4.78, 5) is 0. The van der Waals surface area contributed by atoms with E-state index in [0.29, 0.717) is 6.54 Å². The normalized spacial score (nSPS) is 13.3. The zero-order chi connectivity index (χ0) is 11.8. The minimum absolute atomic E-state index is 0.624. The molecule has 17 heavy (non-hydrogen) atoms. The first kappa shape index (κ1) is 10.5. The van der Waals surface area contributed by atoms with Gasteiger partial charge < -0.3 is 10.3 Å². The van der Waals surface area contributed by atoms with Gasteiger partial charge in [-0.2, -0.15) is 0 Å². The summed E-state index contributed by atoms with van der Waals surface area (Å²) in [6.07, 6.45) is 1.85. The Hall–Kier alpha value is -1.68. The Bertz CT molecular complexity index is 557. The van der Waals surface area contributed by atoms with E-state index in [1.807, 2.05) is 0 Å². The molecule has 1 aromatic heterocycles. The molecule has 0 atom stereocenters. The van der Waals surface area contributed by atoms with E-state index in [9.17, 15) is 0 Å². The van der Waals surface area contributed by atoms with Crippen molar-refractivity contribution >= 4 is 0 Å². The van der Waals surface area contributed by atoms with Gasteiger partial charge in [-0.1, -0.05) is 17.7 Å². The van der Waals surface area contributed by atoms with Gasteiger partial charge in [0.15, 0.2) is 5.82 Å². The Kier molecular flexibility index (Phi) is 2.44. The third-order valence-electron chi connectivity index (χ3n) is 3.31. The van der Waals surface area contributed by atoms with E-state index in [0.717, 1.165) is 31.0 Å². The van der Waals surface area contributed by atoms with Crippen LogP contribution in [-0.2, 0) is 19.4 Å². The fourth-order valence-corrected chi connectivity index (χ4v) is 2.43. The SMILES string of the molecule is Cc1ccc2c(c1)-c1nnc(CCN)n1CC2. The lowest BCUT2D eigenvalue weighted by atomic mass is 9.98. The molecule has 0 fully saturated rings. The van der Waals surface area contributed by atoms with E-state index in [1.54, 1.807) is 0 Å². The van der Waals surface area contributed by atoms with Gasteiger partial charge in [0.2, 0.25) is 0 Å². The van der Waals surface area contributed by atoms with Gasteiger partial charge >= 0.3 is 0 Å². The van der Waals surface area contributed by atoms with Crippen LogP contribution in [0.4, 0.5) is 0 Å². The highest BCUT2D eigenvalue weighted by atomic mass is 15.3. The maximum absolute atomic E-state index is 5.59. The monoisotopic (exact) mass is 228 g/mol. The summed E-state index contributed by atoms with van der Waals surface area (Å²) in [6, 6.07) is 6.55. The molecule has 4 heteroatoms. The average Bonchev–Trinajstić information content (AvgIpc) is 2.73. The van der Waals surface area contributed by atoms with Crippen LogP contribution in [0.3, 0.4) is 0 Å². The minimum atomic E-state index is 0.624. The first-order chi connectivity index (χ1) is 8.29. The zero-order valence-corrected chi connectivity index (χ0v) is 9.98. The number of aromatic nitrogens is 3. The van der Waals surface area contributed by atoms with Crippen molar-refractivity contribution in [2.45, 2.75) is 26.3 Å². The molecule has 1 aliphatic rings. The maximum atomic E-state index is 5.59. The Morgan fingerprint density at radius 1 is 1.35 bits per heavy atom. The lowest BCUT2D eigenvalue weighted by Gasteiger charge is -2.19. The number of hydrogen-bond donors (Lipinski definition) is 1. The molecule has 2 aromatic rings. The van der Waals surface area contributed by atoms with Crippen molar-refractivity contribution in [1.82, 2.24) is 14.8 Å². The second kappa shape index (κ2) is 3.96. The Balaban J connectivity index is 2.13. The summed E-state index contributed by atoms with van der Waals surface area (Å²) < 4.78 is 2.20. The summed E-state index contributed by atoms with van der Waals surface area (Å²) in [5.74, 6) is 2.01. The number of rotatable bonds is 2. The summed E-state index contributed by atoms with van der Waals surface area (Å²) in [6.45, 7) is 3.70. The lowest BCUT2D eigenvalue weighted by molar-refractivity contribution is 0.640. The second-order valence-electron chi connectivity index (χ2n) is 4.54. The molecule has 1 aromatic carbocycles. The molecule has 0 amide bonds. The first-order valence-electron chi connectivity index (χ1n) is 6.01. The van der Waals surface area contributed by atoms with Gasteiger partial charge in [0.05, 0.1) is 0 Å². The van der Waals surface area contributed by atoms with Crippen LogP contribution in [0.2, 0.25) is 0 Å². The summed E-state index contributed by atoms with van der Waals surface area (Å²) >= 11 is 0. The Labute approximate surface area is 100 Å². The third-order valence-corrected chi connectivity index (χ3v) is 3.31. The smallest absolute Gasteiger partial charge is 0.164 e. The van der Waals surface area contributed by atoms with Crippen molar-refractivity contribution in [2.24, 2.45) is 5.73 Å². The van der Waals surface area contributed by atoms with Crippen molar-refractivity contribution in [2.75, 3.05) is 6.54 Å². The van der Waals surface area contributed by atoms with Crippen molar-refractivity contribution in [3.63, 3.8) is 0 Å². The number of hydrogen-bond acceptors (Lipinski definition) is 3. The molecule has 0 saturated carbocycles. The number of benzene rings is 1. The number of nitrogens with zero attached hydrogens (tertiary/aromatic N) is 3. The molecule has 0 unspecified atom stereocenters. The number of aryl methyl sites for hydroxylation is 2. The van der Waals surface area contributed by atoms with Crippen molar-refractivity contribution in [3.8, 4) is 11.4 Å². The fraction of sp³-hybridized carbons (Fsp3) is 0.385. The average molecular weight is 228 g/mol. The summed E-state index contributed by atoms with van der Waals surface area (Å²) in [7, 11) is 0. The van der Waals surface area contributed by atoms with Crippen LogP contribution in [0.5, 0.6) is 0 Å². The second-order valence-corrected chi connectivity index (χ2v) is 4.54. The zero-order valence-electron chi connectivity index (χ0n) is 9.98. The molecule has 0 aliphatic carbocycles. The van der Waals surface area contributed by atoms with Crippen LogP contribution in [0.1, 0.15) is 17.0 Å². The third kappa shape index (κ3) is 1.65. The minimum Gasteiger partial charge on any atom is -0.330 e. The van der Waals surface area contributed by atoms with Gasteiger partial charge in [-0.25, -0.2) is 0 Å². The van der Waals surface area contributed by atoms with Gasteiger partial charge in [-0.15, -0.1) is 10.2 Å². The molecule has 1 aliphatic heterocycles. The highest BCUT2D eigenvalue weighted by Crippen LogP contribution is 2.29. The van der Waals surface area contributed by atoms with Gasteiger partial charge in [0.1, 0.15) is 5.82 Å².